The number of methoxy groups -OCH3 is 1. The molecule has 2 nitrogen and oxygen atoms in total. The number of thioether (sulfide) groups is 1. The van der Waals surface area contributed by atoms with Crippen LogP contribution in [0.2, 0.25) is 0 Å². The number of ether oxygens (including phenoxy) is 1. The largest absolute Gasteiger partial charge is 0.384 e. The average molecular weight is 189 g/mol. The molecular weight excluding hydrogens is 178 g/mol. The minimum absolute atomic E-state index is 0.795. The Kier molecular flexibility index (Phi) is 3.90. The lowest BCUT2D eigenvalue weighted by atomic mass is 10.6. The molecular formula is C7H11NOS2. The summed E-state index contributed by atoms with van der Waals surface area (Å²) in [7, 11) is 1.72. The monoisotopic (exact) mass is 189 g/mol. The SMILES string of the molecule is COCCSc1nc(C)cs1. The van der Waals surface area contributed by atoms with Gasteiger partial charge in [-0.25, -0.2) is 4.98 Å². The highest BCUT2D eigenvalue weighted by molar-refractivity contribution is 8.01. The minimum Gasteiger partial charge on any atom is -0.384 e. The Hall–Kier alpha value is -0.0600. The van der Waals surface area contributed by atoms with Gasteiger partial charge in [0.2, 0.25) is 0 Å². The lowest BCUT2D eigenvalue weighted by Gasteiger charge is -1.94. The molecule has 1 aromatic rings. The normalized spacial score (nSPS) is 10.4. The summed E-state index contributed by atoms with van der Waals surface area (Å²) in [5.41, 5.74) is 1.11. The van der Waals surface area contributed by atoms with Crippen molar-refractivity contribution in [2.75, 3.05) is 19.5 Å². The molecule has 11 heavy (non-hydrogen) atoms. The molecule has 62 valence electrons. The van der Waals surface area contributed by atoms with E-state index in [1.807, 2.05) is 6.92 Å². The standard InChI is InChI=1S/C7H11NOS2/c1-6-5-11-7(8-6)10-4-3-9-2/h5H,3-4H2,1-2H3. The van der Waals surface area contributed by atoms with E-state index in [0.29, 0.717) is 0 Å². The molecule has 0 aliphatic carbocycles. The van der Waals surface area contributed by atoms with Crippen molar-refractivity contribution in [3.8, 4) is 0 Å². The van der Waals surface area contributed by atoms with E-state index in [1.165, 1.54) is 0 Å². The molecule has 0 N–H and O–H groups in total. The van der Waals surface area contributed by atoms with Gasteiger partial charge in [-0.2, -0.15) is 0 Å². The Morgan fingerprint density at radius 1 is 1.73 bits per heavy atom. The summed E-state index contributed by atoms with van der Waals surface area (Å²) in [5.74, 6) is 0.990. The van der Waals surface area contributed by atoms with Gasteiger partial charge >= 0.3 is 0 Å². The Balaban J connectivity index is 2.27. The summed E-state index contributed by atoms with van der Waals surface area (Å²) in [5, 5.41) is 2.06. The maximum atomic E-state index is 4.93. The molecule has 0 radical (unpaired) electrons. The van der Waals surface area contributed by atoms with Gasteiger partial charge < -0.3 is 4.74 Å². The van der Waals surface area contributed by atoms with Crippen molar-refractivity contribution >= 4 is 23.1 Å². The van der Waals surface area contributed by atoms with E-state index in [9.17, 15) is 0 Å². The molecule has 0 bridgehead atoms. The van der Waals surface area contributed by atoms with Crippen LogP contribution in [-0.2, 0) is 4.74 Å². The van der Waals surface area contributed by atoms with Crippen LogP contribution in [0.5, 0.6) is 0 Å². The van der Waals surface area contributed by atoms with Gasteiger partial charge in [0.15, 0.2) is 0 Å². The summed E-state index contributed by atoms with van der Waals surface area (Å²) < 4.78 is 6.06. The summed E-state index contributed by atoms with van der Waals surface area (Å²) in [6.45, 7) is 2.81. The highest BCUT2D eigenvalue weighted by atomic mass is 32.2. The van der Waals surface area contributed by atoms with E-state index in [4.69, 9.17) is 4.74 Å². The summed E-state index contributed by atoms with van der Waals surface area (Å²) in [6, 6.07) is 0. The molecule has 0 saturated carbocycles. The molecule has 1 rings (SSSR count). The summed E-state index contributed by atoms with van der Waals surface area (Å²) in [4.78, 5) is 4.31. The zero-order chi connectivity index (χ0) is 8.10. The molecule has 1 aromatic heterocycles. The first-order valence-corrected chi connectivity index (χ1v) is 5.23. The van der Waals surface area contributed by atoms with Gasteiger partial charge in [0, 0.05) is 23.9 Å². The van der Waals surface area contributed by atoms with Crippen LogP contribution in [0.3, 0.4) is 0 Å². The number of hydrogen-bond donors (Lipinski definition) is 0. The van der Waals surface area contributed by atoms with Crippen molar-refractivity contribution in [2.45, 2.75) is 11.3 Å². The van der Waals surface area contributed by atoms with Crippen LogP contribution >= 0.6 is 23.1 Å². The lowest BCUT2D eigenvalue weighted by molar-refractivity contribution is 0.218. The first-order valence-electron chi connectivity index (χ1n) is 3.37. The number of aryl methyl sites for hydroxylation is 1. The van der Waals surface area contributed by atoms with Crippen molar-refractivity contribution in [1.29, 1.82) is 0 Å². The Labute approximate surface area is 75.0 Å². The smallest absolute Gasteiger partial charge is 0.150 e. The maximum Gasteiger partial charge on any atom is 0.150 e. The third-order valence-corrected chi connectivity index (χ3v) is 3.21. The summed E-state index contributed by atoms with van der Waals surface area (Å²) >= 11 is 3.44. The topological polar surface area (TPSA) is 22.1 Å². The molecule has 0 aliphatic heterocycles. The fourth-order valence-corrected chi connectivity index (χ4v) is 2.43. The van der Waals surface area contributed by atoms with Crippen LogP contribution in [0, 0.1) is 6.92 Å². The van der Waals surface area contributed by atoms with Crippen LogP contribution in [0.15, 0.2) is 9.72 Å². The van der Waals surface area contributed by atoms with Gasteiger partial charge in [-0.1, -0.05) is 11.8 Å². The average Bonchev–Trinajstić information content (AvgIpc) is 2.37. The van der Waals surface area contributed by atoms with Crippen LogP contribution < -0.4 is 0 Å². The van der Waals surface area contributed by atoms with E-state index in [0.717, 1.165) is 22.4 Å². The highest BCUT2D eigenvalue weighted by Crippen LogP contribution is 2.21. The molecule has 0 saturated heterocycles. The van der Waals surface area contributed by atoms with Gasteiger partial charge in [0.1, 0.15) is 4.34 Å². The second kappa shape index (κ2) is 4.74. The van der Waals surface area contributed by atoms with Gasteiger partial charge in [-0.05, 0) is 6.92 Å². The van der Waals surface area contributed by atoms with Crippen molar-refractivity contribution in [2.24, 2.45) is 0 Å². The highest BCUT2D eigenvalue weighted by Gasteiger charge is 1.97. The molecule has 1 heterocycles. The minimum atomic E-state index is 0.795. The van der Waals surface area contributed by atoms with E-state index in [-0.39, 0.29) is 0 Å². The van der Waals surface area contributed by atoms with E-state index >= 15 is 0 Å². The Morgan fingerprint density at radius 2 is 2.55 bits per heavy atom. The second-order valence-electron chi connectivity index (χ2n) is 2.10. The quantitative estimate of drug-likeness (QED) is 0.535. The molecule has 0 unspecified atom stereocenters. The van der Waals surface area contributed by atoms with E-state index in [1.54, 1.807) is 30.2 Å². The summed E-state index contributed by atoms with van der Waals surface area (Å²) in [6.07, 6.45) is 0. The fourth-order valence-electron chi connectivity index (χ4n) is 0.611. The third kappa shape index (κ3) is 3.22. The lowest BCUT2D eigenvalue weighted by Crippen LogP contribution is -1.90. The van der Waals surface area contributed by atoms with Crippen molar-refractivity contribution in [1.82, 2.24) is 4.98 Å². The molecule has 0 spiro atoms. The second-order valence-corrected chi connectivity index (χ2v) is 4.30. The van der Waals surface area contributed by atoms with Crippen molar-refractivity contribution in [3.63, 3.8) is 0 Å². The van der Waals surface area contributed by atoms with Gasteiger partial charge in [-0.15, -0.1) is 11.3 Å². The number of hydrogen-bond acceptors (Lipinski definition) is 4. The van der Waals surface area contributed by atoms with Crippen LogP contribution in [0.25, 0.3) is 0 Å². The fraction of sp³-hybridized carbons (Fsp3) is 0.571. The van der Waals surface area contributed by atoms with Crippen LogP contribution in [-0.4, -0.2) is 24.5 Å². The molecule has 0 amide bonds. The van der Waals surface area contributed by atoms with E-state index in [2.05, 4.69) is 10.4 Å². The first kappa shape index (κ1) is 9.03. The Bertz CT molecular complexity index is 212. The molecule has 4 heteroatoms. The van der Waals surface area contributed by atoms with Gasteiger partial charge in [0.05, 0.1) is 6.61 Å². The van der Waals surface area contributed by atoms with Crippen LogP contribution in [0.4, 0.5) is 0 Å². The zero-order valence-corrected chi connectivity index (χ0v) is 8.30. The number of nitrogens with zero attached hydrogens (tertiary/aromatic N) is 1. The first-order chi connectivity index (χ1) is 5.33. The number of rotatable bonds is 4. The predicted molar refractivity (Wildman–Crippen MR) is 49.5 cm³/mol. The number of aromatic nitrogens is 1. The molecule has 0 atom stereocenters. The maximum absolute atomic E-state index is 4.93. The predicted octanol–water partition coefficient (Wildman–Crippen LogP) is 2.19. The van der Waals surface area contributed by atoms with Crippen LogP contribution in [0.1, 0.15) is 5.69 Å². The molecule has 0 fully saturated rings. The van der Waals surface area contributed by atoms with Crippen molar-refractivity contribution < 1.29 is 4.74 Å². The van der Waals surface area contributed by atoms with Crippen molar-refractivity contribution in [3.05, 3.63) is 11.1 Å². The van der Waals surface area contributed by atoms with Gasteiger partial charge in [-0.3, -0.25) is 0 Å². The Morgan fingerprint density at radius 3 is 3.09 bits per heavy atom. The van der Waals surface area contributed by atoms with E-state index < -0.39 is 0 Å². The number of thiazole rings is 1. The molecule has 0 aromatic carbocycles. The third-order valence-electron chi connectivity index (χ3n) is 1.11. The zero-order valence-electron chi connectivity index (χ0n) is 6.66. The molecule has 0 aliphatic rings. The van der Waals surface area contributed by atoms with Gasteiger partial charge in [0.25, 0.3) is 0 Å².